The summed E-state index contributed by atoms with van der Waals surface area (Å²) in [6.07, 6.45) is 7.57. The largest absolute Gasteiger partial charge is 0.481 e. The number of allylic oxidation sites excluding steroid dienone is 1. The van der Waals surface area contributed by atoms with Gasteiger partial charge in [0.2, 0.25) is 0 Å². The number of carbonyl (C=O) groups is 3. The first kappa shape index (κ1) is 37.4. The van der Waals surface area contributed by atoms with Gasteiger partial charge in [-0.3, -0.25) is 14.4 Å². The molecule has 0 saturated carbocycles. The van der Waals surface area contributed by atoms with Crippen molar-refractivity contribution in [3.63, 3.8) is 0 Å². The lowest BCUT2D eigenvalue weighted by atomic mass is 9.85. The number of benzene rings is 3. The predicted molar refractivity (Wildman–Crippen MR) is 202 cm³/mol. The second kappa shape index (κ2) is 17.9. The number of aliphatic carboxylic acids is 3. The Morgan fingerprint density at radius 2 is 0.923 bits per heavy atom. The Morgan fingerprint density at radius 3 is 1.29 bits per heavy atom. The van der Waals surface area contributed by atoms with Crippen LogP contribution in [0.5, 0.6) is 0 Å². The molecule has 3 aromatic carbocycles. The second-order valence-electron chi connectivity index (χ2n) is 15.2. The summed E-state index contributed by atoms with van der Waals surface area (Å²) in [5.41, 5.74) is 7.40. The van der Waals surface area contributed by atoms with Crippen LogP contribution >= 0.6 is 0 Å². The summed E-state index contributed by atoms with van der Waals surface area (Å²) in [5, 5.41) is 40.1. The van der Waals surface area contributed by atoms with Crippen LogP contribution in [0.2, 0.25) is 0 Å². The molecule has 6 rings (SSSR count). The Bertz CT molecular complexity index is 1640. The van der Waals surface area contributed by atoms with Gasteiger partial charge in [-0.25, -0.2) is 0 Å². The summed E-state index contributed by atoms with van der Waals surface area (Å²) < 4.78 is 0. The Balaban J connectivity index is 1.26. The third kappa shape index (κ3) is 10.2. The fraction of sp³-hybridized carbons (Fsp3) is 0.465. The van der Waals surface area contributed by atoms with Gasteiger partial charge in [-0.1, -0.05) is 84.4 Å². The van der Waals surface area contributed by atoms with Crippen molar-refractivity contribution in [1.82, 2.24) is 16.0 Å². The van der Waals surface area contributed by atoms with Crippen LogP contribution in [0.15, 0.2) is 78.4 Å². The maximum atomic E-state index is 12.3. The van der Waals surface area contributed by atoms with Gasteiger partial charge < -0.3 is 31.3 Å². The summed E-state index contributed by atoms with van der Waals surface area (Å²) in [4.78, 5) is 36.8. The van der Waals surface area contributed by atoms with E-state index in [-0.39, 0.29) is 17.8 Å². The van der Waals surface area contributed by atoms with Gasteiger partial charge in [0.25, 0.3) is 0 Å². The molecule has 0 spiro atoms. The lowest BCUT2D eigenvalue weighted by Gasteiger charge is -2.20. The first-order valence-electron chi connectivity index (χ1n) is 19.0. The van der Waals surface area contributed by atoms with E-state index in [1.165, 1.54) is 0 Å². The lowest BCUT2D eigenvalue weighted by molar-refractivity contribution is -0.144. The number of hydrogen-bond donors (Lipinski definition) is 6. The van der Waals surface area contributed by atoms with Crippen molar-refractivity contribution in [2.24, 2.45) is 35.5 Å². The molecule has 3 aliphatic heterocycles. The van der Waals surface area contributed by atoms with Gasteiger partial charge in [0.1, 0.15) is 0 Å². The molecule has 0 amide bonds. The molecule has 3 heterocycles. The molecule has 9 nitrogen and oxygen atoms in total. The normalized spacial score (nSPS) is 21.7. The molecule has 0 aliphatic carbocycles. The van der Waals surface area contributed by atoms with Gasteiger partial charge in [-0.15, -0.1) is 0 Å². The quantitative estimate of drug-likeness (QED) is 0.113. The van der Waals surface area contributed by atoms with Crippen molar-refractivity contribution in [2.75, 3.05) is 39.3 Å². The molecule has 0 aromatic heterocycles. The van der Waals surface area contributed by atoms with Crippen LogP contribution in [-0.2, 0) is 46.5 Å². The average Bonchev–Trinajstić information content (AvgIpc) is 3.94. The van der Waals surface area contributed by atoms with Gasteiger partial charge in [0, 0.05) is 0 Å². The van der Waals surface area contributed by atoms with Crippen molar-refractivity contribution in [3.05, 3.63) is 112 Å². The molecule has 3 aliphatic rings. The van der Waals surface area contributed by atoms with E-state index < -0.39 is 35.7 Å². The highest BCUT2D eigenvalue weighted by molar-refractivity contribution is 5.72. The Kier molecular flexibility index (Phi) is 12.9. The highest BCUT2D eigenvalue weighted by Gasteiger charge is 2.32. The third-order valence-electron chi connectivity index (χ3n) is 11.5. The van der Waals surface area contributed by atoms with Crippen LogP contribution in [0.1, 0.15) is 52.6 Å². The zero-order valence-corrected chi connectivity index (χ0v) is 29.9. The summed E-state index contributed by atoms with van der Waals surface area (Å²) >= 11 is 0. The summed E-state index contributed by atoms with van der Waals surface area (Å²) in [7, 11) is 0. The van der Waals surface area contributed by atoms with Crippen molar-refractivity contribution in [3.8, 4) is 0 Å². The maximum Gasteiger partial charge on any atom is 0.307 e. The minimum atomic E-state index is -0.751. The maximum absolute atomic E-state index is 12.3. The molecule has 0 bridgehead atoms. The van der Waals surface area contributed by atoms with Crippen LogP contribution in [0, 0.1) is 35.5 Å². The standard InChI is InChI=1S/C43H53N3O6/c47-41(48)38(35-10-13-44-25-35)22-31-7-1-4-28(16-31)19-34(20-29-5-2-8-32(17-29)23-39(42(49)50)36-11-14-45-26-36)21-30-6-3-9-33(18-30)24-40(43(51)52)37-12-15-46-27-37/h1-9,16-19,35-40,44-46H,10-15,20-27H2,(H,47,48)(H,49,50)(H,51,52). The Labute approximate surface area is 306 Å². The van der Waals surface area contributed by atoms with E-state index in [2.05, 4.69) is 58.4 Å². The van der Waals surface area contributed by atoms with Crippen molar-refractivity contribution in [1.29, 1.82) is 0 Å². The molecule has 6 N–H and O–H groups in total. The SMILES string of the molecule is O=C(O)C(Cc1cccc(C=C(Cc2cccc(CC(C(=O)O)C3CCNC3)c2)Cc2cccc(CC(C(=O)O)C3CCNC3)c2)c1)C1CCNC1. The van der Waals surface area contributed by atoms with E-state index in [4.69, 9.17) is 0 Å². The average molecular weight is 708 g/mol. The van der Waals surface area contributed by atoms with E-state index in [1.807, 2.05) is 36.4 Å². The summed E-state index contributed by atoms with van der Waals surface area (Å²) in [6, 6.07) is 24.7. The first-order chi connectivity index (χ1) is 25.2. The monoisotopic (exact) mass is 707 g/mol. The molecule has 6 unspecified atom stereocenters. The molecule has 0 radical (unpaired) electrons. The van der Waals surface area contributed by atoms with Gasteiger partial charge in [-0.2, -0.15) is 0 Å². The van der Waals surface area contributed by atoms with E-state index in [0.29, 0.717) is 32.1 Å². The predicted octanol–water partition coefficient (Wildman–Crippen LogP) is 5.11. The molecule has 52 heavy (non-hydrogen) atoms. The van der Waals surface area contributed by atoms with Gasteiger partial charge in [0.15, 0.2) is 0 Å². The highest BCUT2D eigenvalue weighted by Crippen LogP contribution is 2.28. The van der Waals surface area contributed by atoms with Gasteiger partial charge >= 0.3 is 17.9 Å². The fourth-order valence-electron chi connectivity index (χ4n) is 8.66. The van der Waals surface area contributed by atoms with Gasteiger partial charge in [-0.05, 0) is 142 Å². The van der Waals surface area contributed by atoms with Crippen LogP contribution in [0.25, 0.3) is 6.08 Å². The number of rotatable bonds is 17. The number of hydrogen-bond acceptors (Lipinski definition) is 6. The topological polar surface area (TPSA) is 148 Å². The van der Waals surface area contributed by atoms with Crippen LogP contribution in [-0.4, -0.2) is 72.5 Å². The molecule has 3 aromatic rings. The minimum Gasteiger partial charge on any atom is -0.481 e. The zero-order chi connectivity index (χ0) is 36.5. The number of nitrogens with one attached hydrogen (secondary N) is 3. The van der Waals surface area contributed by atoms with Crippen LogP contribution < -0.4 is 16.0 Å². The van der Waals surface area contributed by atoms with E-state index in [9.17, 15) is 29.7 Å². The van der Waals surface area contributed by atoms with Crippen molar-refractivity contribution >= 4 is 24.0 Å². The molecule has 6 atom stereocenters. The van der Waals surface area contributed by atoms with E-state index >= 15 is 0 Å². The smallest absolute Gasteiger partial charge is 0.307 e. The van der Waals surface area contributed by atoms with E-state index in [1.54, 1.807) is 0 Å². The molecule has 276 valence electrons. The summed E-state index contributed by atoms with van der Waals surface area (Å²) in [5.74, 6) is -3.21. The zero-order valence-electron chi connectivity index (χ0n) is 29.9. The Hall–Kier alpha value is -4.31. The van der Waals surface area contributed by atoms with Gasteiger partial charge in [0.05, 0.1) is 17.8 Å². The minimum absolute atomic E-state index is 0.114. The van der Waals surface area contributed by atoms with E-state index in [0.717, 1.165) is 97.5 Å². The van der Waals surface area contributed by atoms with Crippen LogP contribution in [0.4, 0.5) is 0 Å². The lowest BCUT2D eigenvalue weighted by Crippen LogP contribution is -2.27. The molecule has 9 heteroatoms. The number of carboxylic acid groups (broad SMARTS) is 3. The third-order valence-corrected chi connectivity index (χ3v) is 11.5. The molecular weight excluding hydrogens is 654 g/mol. The Morgan fingerprint density at radius 1 is 0.558 bits per heavy atom. The molecule has 3 saturated heterocycles. The number of carboxylic acids is 3. The summed E-state index contributed by atoms with van der Waals surface area (Å²) in [6.45, 7) is 4.76. The molecular formula is C43H53N3O6. The highest BCUT2D eigenvalue weighted by atomic mass is 16.4. The second-order valence-corrected chi connectivity index (χ2v) is 15.2. The van der Waals surface area contributed by atoms with Crippen molar-refractivity contribution in [2.45, 2.75) is 51.4 Å². The van der Waals surface area contributed by atoms with Crippen LogP contribution in [0.3, 0.4) is 0 Å². The first-order valence-corrected chi connectivity index (χ1v) is 19.0. The fourth-order valence-corrected chi connectivity index (χ4v) is 8.66. The molecule has 3 fully saturated rings. The van der Waals surface area contributed by atoms with Crippen molar-refractivity contribution < 1.29 is 29.7 Å².